The smallest absolute Gasteiger partial charge is 0.338 e. The van der Waals surface area contributed by atoms with E-state index < -0.39 is 16.0 Å². The van der Waals surface area contributed by atoms with E-state index in [4.69, 9.17) is 16.3 Å². The molecule has 0 saturated carbocycles. The summed E-state index contributed by atoms with van der Waals surface area (Å²) < 4.78 is 31.1. The number of hydrogen-bond donors (Lipinski definition) is 1. The average Bonchev–Trinajstić information content (AvgIpc) is 2.38. The second kappa shape index (κ2) is 8.24. The summed E-state index contributed by atoms with van der Waals surface area (Å²) in [5.74, 6) is 0.0421. The van der Waals surface area contributed by atoms with Gasteiger partial charge in [-0.25, -0.2) is 13.2 Å². The van der Waals surface area contributed by atoms with Gasteiger partial charge in [0.2, 0.25) is 10.0 Å². The predicted molar refractivity (Wildman–Crippen MR) is 84.4 cm³/mol. The fourth-order valence-electron chi connectivity index (χ4n) is 1.57. The first kappa shape index (κ1) is 17.8. The van der Waals surface area contributed by atoms with E-state index in [-0.39, 0.29) is 11.9 Å². The van der Waals surface area contributed by atoms with Crippen LogP contribution >= 0.6 is 11.6 Å². The molecule has 0 bridgehead atoms. The highest BCUT2D eigenvalue weighted by atomic mass is 35.5. The zero-order chi connectivity index (χ0) is 15.9. The number of nitrogens with one attached hydrogen (secondary N) is 1. The van der Waals surface area contributed by atoms with Crippen molar-refractivity contribution in [3.05, 3.63) is 29.8 Å². The van der Waals surface area contributed by atoms with E-state index in [9.17, 15) is 13.2 Å². The largest absolute Gasteiger partial charge is 0.459 e. The highest BCUT2D eigenvalue weighted by Gasteiger charge is 2.12. The highest BCUT2D eigenvalue weighted by molar-refractivity contribution is 7.92. The van der Waals surface area contributed by atoms with Crippen molar-refractivity contribution < 1.29 is 17.9 Å². The van der Waals surface area contributed by atoms with E-state index in [1.165, 1.54) is 24.3 Å². The molecule has 7 heteroatoms. The maximum absolute atomic E-state index is 11.8. The van der Waals surface area contributed by atoms with Crippen molar-refractivity contribution in [2.24, 2.45) is 0 Å². The molecule has 0 aliphatic carbocycles. The van der Waals surface area contributed by atoms with Crippen LogP contribution < -0.4 is 4.72 Å². The normalized spacial score (nSPS) is 11.4. The first-order valence-electron chi connectivity index (χ1n) is 6.71. The van der Waals surface area contributed by atoms with Crippen molar-refractivity contribution in [2.45, 2.75) is 32.8 Å². The van der Waals surface area contributed by atoms with Crippen LogP contribution in [0.3, 0.4) is 0 Å². The van der Waals surface area contributed by atoms with E-state index in [0.717, 1.165) is 0 Å². The molecule has 1 aromatic carbocycles. The monoisotopic (exact) mass is 333 g/mol. The molecule has 1 rings (SSSR count). The molecule has 5 nitrogen and oxygen atoms in total. The summed E-state index contributed by atoms with van der Waals surface area (Å²) in [6, 6.07) is 6.13. The zero-order valence-electron chi connectivity index (χ0n) is 12.1. The maximum atomic E-state index is 11.8. The average molecular weight is 334 g/mol. The zero-order valence-corrected chi connectivity index (χ0v) is 13.7. The summed E-state index contributed by atoms with van der Waals surface area (Å²) in [6.07, 6.45) is 0.970. The number of hydrogen-bond acceptors (Lipinski definition) is 4. The number of unbranched alkanes of at least 4 members (excludes halogenated alkanes) is 1. The molecule has 1 N–H and O–H groups in total. The Morgan fingerprint density at radius 2 is 1.86 bits per heavy atom. The van der Waals surface area contributed by atoms with E-state index in [0.29, 0.717) is 30.0 Å². The molecule has 0 aromatic heterocycles. The Hall–Kier alpha value is -1.27. The number of alkyl halides is 1. The summed E-state index contributed by atoms with van der Waals surface area (Å²) in [4.78, 5) is 11.7. The highest BCUT2D eigenvalue weighted by Crippen LogP contribution is 2.13. The van der Waals surface area contributed by atoms with Crippen LogP contribution in [-0.4, -0.2) is 32.1 Å². The number of sulfonamides is 1. The first-order chi connectivity index (χ1) is 9.84. The molecule has 0 atom stereocenters. The van der Waals surface area contributed by atoms with Crippen molar-refractivity contribution in [1.29, 1.82) is 0 Å². The standard InChI is InChI=1S/C14H20ClNO4S/c1-11(2)20-14(17)12-5-7-13(8-6-12)16-21(18,19)10-4-3-9-15/h5-8,11,16H,3-4,9-10H2,1-2H3. The summed E-state index contributed by atoms with van der Waals surface area (Å²) >= 11 is 5.51. The van der Waals surface area contributed by atoms with Crippen molar-refractivity contribution >= 4 is 33.3 Å². The maximum Gasteiger partial charge on any atom is 0.338 e. The van der Waals surface area contributed by atoms with Crippen LogP contribution in [0.5, 0.6) is 0 Å². The number of esters is 1. The van der Waals surface area contributed by atoms with Gasteiger partial charge in [0.1, 0.15) is 0 Å². The van der Waals surface area contributed by atoms with Gasteiger partial charge in [0.25, 0.3) is 0 Å². The number of benzene rings is 1. The summed E-state index contributed by atoms with van der Waals surface area (Å²) in [7, 11) is -3.38. The van der Waals surface area contributed by atoms with Crippen LogP contribution in [-0.2, 0) is 14.8 Å². The molecule has 0 radical (unpaired) electrons. The van der Waals surface area contributed by atoms with Gasteiger partial charge in [-0.15, -0.1) is 11.6 Å². The quantitative estimate of drug-likeness (QED) is 0.451. The van der Waals surface area contributed by atoms with Crippen LogP contribution in [0.1, 0.15) is 37.0 Å². The Labute approximate surface area is 130 Å². The Balaban J connectivity index is 2.64. The lowest BCUT2D eigenvalue weighted by Gasteiger charge is -2.10. The minimum Gasteiger partial charge on any atom is -0.459 e. The molecule has 0 aliphatic rings. The lowest BCUT2D eigenvalue weighted by atomic mass is 10.2. The SMILES string of the molecule is CC(C)OC(=O)c1ccc(NS(=O)(=O)CCCCCl)cc1. The van der Waals surface area contributed by atoms with Gasteiger partial charge in [0, 0.05) is 11.6 Å². The van der Waals surface area contributed by atoms with E-state index in [1.807, 2.05) is 0 Å². The number of anilines is 1. The second-order valence-corrected chi connectivity index (χ2v) is 7.07. The van der Waals surface area contributed by atoms with E-state index in [2.05, 4.69) is 4.72 Å². The van der Waals surface area contributed by atoms with E-state index in [1.54, 1.807) is 13.8 Å². The van der Waals surface area contributed by atoms with Crippen LogP contribution in [0.15, 0.2) is 24.3 Å². The number of carbonyl (C=O) groups excluding carboxylic acids is 1. The predicted octanol–water partition coefficient (Wildman–Crippen LogP) is 3.01. The van der Waals surface area contributed by atoms with Crippen molar-refractivity contribution in [2.75, 3.05) is 16.4 Å². The van der Waals surface area contributed by atoms with Gasteiger partial charge in [0.05, 0.1) is 17.4 Å². The van der Waals surface area contributed by atoms with Gasteiger partial charge in [0.15, 0.2) is 0 Å². The number of carbonyl (C=O) groups is 1. The third-order valence-electron chi connectivity index (χ3n) is 2.53. The lowest BCUT2D eigenvalue weighted by Crippen LogP contribution is -2.17. The van der Waals surface area contributed by atoms with Crippen molar-refractivity contribution in [3.8, 4) is 0 Å². The summed E-state index contributed by atoms with van der Waals surface area (Å²) in [6.45, 7) is 3.53. The lowest BCUT2D eigenvalue weighted by molar-refractivity contribution is 0.0378. The number of halogens is 1. The summed E-state index contributed by atoms with van der Waals surface area (Å²) in [5, 5.41) is 0. The Morgan fingerprint density at radius 3 is 2.38 bits per heavy atom. The third kappa shape index (κ3) is 6.82. The second-order valence-electron chi connectivity index (χ2n) is 4.85. The molecule has 1 aromatic rings. The fraction of sp³-hybridized carbons (Fsp3) is 0.500. The molecule has 0 aliphatic heterocycles. The molecular weight excluding hydrogens is 314 g/mol. The molecule has 0 fully saturated rings. The van der Waals surface area contributed by atoms with Gasteiger partial charge in [-0.3, -0.25) is 4.72 Å². The van der Waals surface area contributed by atoms with E-state index >= 15 is 0 Å². The molecule has 0 heterocycles. The third-order valence-corrected chi connectivity index (χ3v) is 4.17. The minimum absolute atomic E-state index is 0.0247. The Kier molecular flexibility index (Phi) is 6.98. The van der Waals surface area contributed by atoms with Gasteiger partial charge in [-0.2, -0.15) is 0 Å². The van der Waals surface area contributed by atoms with Crippen molar-refractivity contribution in [3.63, 3.8) is 0 Å². The van der Waals surface area contributed by atoms with Crippen LogP contribution in [0.25, 0.3) is 0 Å². The van der Waals surface area contributed by atoms with Gasteiger partial charge < -0.3 is 4.74 Å². The topological polar surface area (TPSA) is 72.5 Å². The minimum atomic E-state index is -3.38. The molecule has 0 amide bonds. The first-order valence-corrected chi connectivity index (χ1v) is 8.90. The van der Waals surface area contributed by atoms with Crippen LogP contribution in [0.4, 0.5) is 5.69 Å². The van der Waals surface area contributed by atoms with Crippen LogP contribution in [0.2, 0.25) is 0 Å². The van der Waals surface area contributed by atoms with Gasteiger partial charge >= 0.3 is 5.97 Å². The fourth-order valence-corrected chi connectivity index (χ4v) is 2.94. The molecule has 118 valence electrons. The molecule has 0 saturated heterocycles. The van der Waals surface area contributed by atoms with Crippen molar-refractivity contribution in [1.82, 2.24) is 0 Å². The number of rotatable bonds is 8. The molecule has 0 spiro atoms. The Morgan fingerprint density at radius 1 is 1.24 bits per heavy atom. The molecule has 0 unspecified atom stereocenters. The number of ether oxygens (including phenoxy) is 1. The Bertz CT molecular complexity index is 555. The molecular formula is C14H20ClNO4S. The molecule has 21 heavy (non-hydrogen) atoms. The van der Waals surface area contributed by atoms with Gasteiger partial charge in [-0.1, -0.05) is 0 Å². The van der Waals surface area contributed by atoms with Gasteiger partial charge in [-0.05, 0) is 51.0 Å². The van der Waals surface area contributed by atoms with Crippen LogP contribution in [0, 0.1) is 0 Å². The summed E-state index contributed by atoms with van der Waals surface area (Å²) in [5.41, 5.74) is 0.802.